The molecule has 78 heavy (non-hydrogen) atoms. The lowest BCUT2D eigenvalue weighted by Crippen LogP contribution is -2.64. The number of ether oxygens (including phenoxy) is 1. The number of anilines is 6. The third-order valence-corrected chi connectivity index (χ3v) is 18.3. The number of hydrogen-bond acceptors (Lipinski definition) is 3. The van der Waals surface area contributed by atoms with Crippen LogP contribution >= 0.6 is 22.6 Å². The molecule has 1 aromatic heterocycles. The van der Waals surface area contributed by atoms with Crippen LogP contribution in [0.2, 0.25) is 0 Å². The number of rotatable bonds is 7. The molecule has 15 rings (SSSR count). The van der Waals surface area contributed by atoms with Gasteiger partial charge in [0.25, 0.3) is 13.4 Å². The molecule has 0 amide bonds. The van der Waals surface area contributed by atoms with Crippen molar-refractivity contribution in [3.8, 4) is 39.4 Å². The van der Waals surface area contributed by atoms with Gasteiger partial charge in [0.05, 0.1) is 5.52 Å². The van der Waals surface area contributed by atoms with Crippen LogP contribution in [0.1, 0.15) is 64.3 Å². The first-order valence-corrected chi connectivity index (χ1v) is 29.0. The zero-order valence-electron chi connectivity index (χ0n) is 45.6. The first-order valence-electron chi connectivity index (χ1n) is 27.9. The van der Waals surface area contributed by atoms with E-state index in [1.807, 2.05) is 0 Å². The van der Waals surface area contributed by atoms with Gasteiger partial charge >= 0.3 is 0 Å². The van der Waals surface area contributed by atoms with E-state index in [0.29, 0.717) is 0 Å². The fraction of sp³-hybridized carbons (Fsp3) is 0.155. The van der Waals surface area contributed by atoms with Gasteiger partial charge in [0.2, 0.25) is 0 Å². The molecule has 0 saturated carbocycles. The van der Waals surface area contributed by atoms with E-state index in [4.69, 9.17) is 4.74 Å². The summed E-state index contributed by atoms with van der Waals surface area (Å²) < 4.78 is 11.5. The molecule has 4 aliphatic heterocycles. The Morgan fingerprint density at radius 1 is 0.449 bits per heavy atom. The van der Waals surface area contributed by atoms with Gasteiger partial charge in [0.15, 0.2) is 0 Å². The number of unbranched alkanes of at least 4 members (excludes halogenated alkanes) is 1. The third-order valence-electron chi connectivity index (χ3n) is 17.6. The summed E-state index contributed by atoms with van der Waals surface area (Å²) in [5.41, 5.74) is 33.5. The molecule has 7 heteroatoms. The number of aromatic nitrogens is 1. The maximum atomic E-state index is 7.66. The zero-order chi connectivity index (χ0) is 53.0. The fourth-order valence-corrected chi connectivity index (χ4v) is 14.5. The van der Waals surface area contributed by atoms with Gasteiger partial charge in [-0.05, 0) is 241 Å². The summed E-state index contributed by atoms with van der Waals surface area (Å²) in [6.07, 6.45) is 3.44. The Hall–Kier alpha value is -7.74. The molecule has 4 nitrogen and oxygen atoms in total. The Morgan fingerprint density at radius 3 is 1.78 bits per heavy atom. The van der Waals surface area contributed by atoms with Crippen molar-refractivity contribution in [2.24, 2.45) is 0 Å². The van der Waals surface area contributed by atoms with Crippen molar-refractivity contribution in [3.05, 3.63) is 218 Å². The quantitative estimate of drug-likeness (QED) is 0.117. The highest BCUT2D eigenvalue weighted by atomic mass is 127. The second-order valence-electron chi connectivity index (χ2n) is 22.9. The highest BCUT2D eigenvalue weighted by molar-refractivity contribution is 14.1. The van der Waals surface area contributed by atoms with Crippen molar-refractivity contribution >= 4 is 125 Å². The van der Waals surface area contributed by atoms with Crippen LogP contribution in [0.15, 0.2) is 170 Å². The van der Waals surface area contributed by atoms with Gasteiger partial charge in [-0.15, -0.1) is 0 Å². The molecule has 11 aromatic rings. The Labute approximate surface area is 472 Å². The van der Waals surface area contributed by atoms with Crippen LogP contribution in [0, 0.1) is 52.0 Å². The third kappa shape index (κ3) is 7.05. The molecule has 10 aromatic carbocycles. The molecular formula is C71H58B2IN3O. The molecule has 0 spiro atoms. The van der Waals surface area contributed by atoms with Crippen molar-refractivity contribution < 1.29 is 4.74 Å². The normalized spacial score (nSPS) is 13.3. The smallest absolute Gasteiger partial charge is 0.256 e. The average molecular weight is 1120 g/mol. The van der Waals surface area contributed by atoms with Crippen molar-refractivity contribution in [3.63, 3.8) is 0 Å². The van der Waals surface area contributed by atoms with E-state index < -0.39 is 0 Å². The topological polar surface area (TPSA) is 20.6 Å². The highest BCUT2D eigenvalue weighted by Gasteiger charge is 2.48. The second kappa shape index (κ2) is 17.6. The lowest BCUT2D eigenvalue weighted by atomic mass is 9.30. The number of halogens is 1. The summed E-state index contributed by atoms with van der Waals surface area (Å²) >= 11 is 2.45. The molecule has 0 fully saturated rings. The van der Waals surface area contributed by atoms with Crippen LogP contribution in [0.25, 0.3) is 49.7 Å². The largest absolute Gasteiger partial charge is 0.458 e. The van der Waals surface area contributed by atoms with Gasteiger partial charge in [-0.2, -0.15) is 0 Å². The summed E-state index contributed by atoms with van der Waals surface area (Å²) in [4.78, 5) is 5.09. The molecule has 0 atom stereocenters. The zero-order valence-corrected chi connectivity index (χ0v) is 47.7. The maximum Gasteiger partial charge on any atom is 0.256 e. The Morgan fingerprint density at radius 2 is 1.08 bits per heavy atom. The van der Waals surface area contributed by atoms with Crippen LogP contribution in [-0.4, -0.2) is 18.0 Å². The highest BCUT2D eigenvalue weighted by Crippen LogP contribution is 2.48. The molecule has 376 valence electrons. The molecule has 0 aliphatic carbocycles. The van der Waals surface area contributed by atoms with E-state index in [0.717, 1.165) is 40.5 Å². The monoisotopic (exact) mass is 1120 g/mol. The van der Waals surface area contributed by atoms with Crippen molar-refractivity contribution in [2.75, 3.05) is 9.80 Å². The molecule has 0 N–H and O–H groups in total. The number of benzene rings is 10. The Kier molecular flexibility index (Phi) is 10.7. The summed E-state index contributed by atoms with van der Waals surface area (Å²) in [6.45, 7) is 17.8. The maximum absolute atomic E-state index is 7.66. The van der Waals surface area contributed by atoms with Crippen LogP contribution < -0.4 is 47.3 Å². The van der Waals surface area contributed by atoms with Crippen LogP contribution in [0.3, 0.4) is 0 Å². The fourth-order valence-electron chi connectivity index (χ4n) is 14.2. The van der Waals surface area contributed by atoms with Gasteiger partial charge in [-0.1, -0.05) is 120 Å². The standard InChI is InChI=1S/C71H58B2IN3O/c1-9-10-13-47-18-22-51(23-19-47)75-61-14-11-12-44(6)68(61)73-58-38-57-62(39-66(58)78-67-37-49(36-65(75)70(67)73)54-27-16-41(3)30-46(54)8)76(52-24-20-50(74)21-25-52)63-34-48(53-26-15-40(2)29-45(53)7)35-64-69(63)72(57)59-33-43(5)32-56-55-31-42(4)17-28-60(55)77(64)71(56)59/h11-12,14-39H,9-10,13H2,1-8H3. The van der Waals surface area contributed by atoms with E-state index in [9.17, 15) is 0 Å². The molecule has 0 unspecified atom stereocenters. The average Bonchev–Trinajstić information content (AvgIpc) is 3.95. The van der Waals surface area contributed by atoms with Gasteiger partial charge in [-0.3, -0.25) is 0 Å². The Bertz CT molecular complexity index is 4400. The second-order valence-corrected chi connectivity index (χ2v) is 24.2. The molecule has 5 heterocycles. The van der Waals surface area contributed by atoms with Crippen molar-refractivity contribution in [1.82, 2.24) is 4.57 Å². The van der Waals surface area contributed by atoms with E-state index in [1.54, 1.807) is 0 Å². The lowest BCUT2D eigenvalue weighted by molar-refractivity contribution is 0.488. The van der Waals surface area contributed by atoms with Crippen LogP contribution in [0.4, 0.5) is 34.1 Å². The first kappa shape index (κ1) is 47.5. The summed E-state index contributed by atoms with van der Waals surface area (Å²) in [5.74, 6) is 1.81. The first-order chi connectivity index (χ1) is 37.9. The van der Waals surface area contributed by atoms with Gasteiger partial charge < -0.3 is 19.1 Å². The predicted octanol–water partition coefficient (Wildman–Crippen LogP) is 15.2. The van der Waals surface area contributed by atoms with Gasteiger partial charge in [-0.25, -0.2) is 0 Å². The SMILES string of the molecule is CCCCc1ccc(N2c3cccc(C)c3B3c4cc5c(cc4Oc4cc(-c6ccc(C)cc6C)cc2c43)N(c2ccc(I)cc2)c2cc(-c3ccc(C)cc3C)cc3c2B5c2cc(C)cc4c5cc(C)ccc5n-3c24)cc1. The lowest BCUT2D eigenvalue weighted by Gasteiger charge is -2.44. The number of fused-ring (bicyclic) bond motifs is 11. The van der Waals surface area contributed by atoms with E-state index >= 15 is 0 Å². The van der Waals surface area contributed by atoms with E-state index in [2.05, 4.69) is 262 Å². The summed E-state index contributed by atoms with van der Waals surface area (Å²) in [5, 5.41) is 2.61. The van der Waals surface area contributed by atoms with E-state index in [1.165, 1.54) is 155 Å². The number of nitrogens with zero attached hydrogens (tertiary/aromatic N) is 3. The van der Waals surface area contributed by atoms with Crippen molar-refractivity contribution in [2.45, 2.75) is 74.7 Å². The van der Waals surface area contributed by atoms with Crippen LogP contribution in [-0.2, 0) is 6.42 Å². The predicted molar refractivity (Wildman–Crippen MR) is 341 cm³/mol. The van der Waals surface area contributed by atoms with Crippen LogP contribution in [0.5, 0.6) is 11.5 Å². The molecule has 0 saturated heterocycles. The molecule has 4 aliphatic rings. The van der Waals surface area contributed by atoms with Gasteiger partial charge in [0, 0.05) is 65.7 Å². The minimum Gasteiger partial charge on any atom is -0.458 e. The molecular weight excluding hydrogens is 1060 g/mol. The minimum atomic E-state index is -0.0939. The van der Waals surface area contributed by atoms with Gasteiger partial charge in [0.1, 0.15) is 11.5 Å². The minimum absolute atomic E-state index is 0.0701. The molecule has 0 bridgehead atoms. The molecule has 0 radical (unpaired) electrons. The summed E-state index contributed by atoms with van der Waals surface area (Å²) in [7, 11) is 0. The Balaban J connectivity index is 1.04. The summed E-state index contributed by atoms with van der Waals surface area (Å²) in [6, 6.07) is 65.9. The van der Waals surface area contributed by atoms with Crippen molar-refractivity contribution in [1.29, 1.82) is 0 Å². The van der Waals surface area contributed by atoms with E-state index in [-0.39, 0.29) is 13.4 Å². The number of aryl methyl sites for hydroxylation is 8. The number of hydrogen-bond donors (Lipinski definition) is 0.